The van der Waals surface area contributed by atoms with E-state index in [4.69, 9.17) is 9.84 Å². The Labute approximate surface area is 116 Å². The molecule has 0 radical (unpaired) electrons. The first-order valence-corrected chi connectivity index (χ1v) is 7.61. The highest BCUT2D eigenvalue weighted by atomic mass is 79.9. The van der Waals surface area contributed by atoms with Gasteiger partial charge in [0.2, 0.25) is 0 Å². The molecule has 6 heteroatoms. The van der Waals surface area contributed by atoms with Crippen LogP contribution in [0.3, 0.4) is 0 Å². The van der Waals surface area contributed by atoms with E-state index in [2.05, 4.69) is 15.9 Å². The van der Waals surface area contributed by atoms with Crippen molar-refractivity contribution in [1.82, 2.24) is 0 Å². The first kappa shape index (κ1) is 13.7. The lowest BCUT2D eigenvalue weighted by molar-refractivity contribution is 0.0695. The molecule has 1 N–H and O–H groups in total. The maximum absolute atomic E-state index is 12.3. The first-order chi connectivity index (χ1) is 8.59. The molecule has 1 aliphatic heterocycles. The van der Waals surface area contributed by atoms with Crippen molar-refractivity contribution in [3.8, 4) is 0 Å². The third kappa shape index (κ3) is 2.99. The zero-order chi connectivity index (χ0) is 13.1. The van der Waals surface area contributed by atoms with Gasteiger partial charge in [-0.2, -0.15) is 0 Å². The second-order valence-electron chi connectivity index (χ2n) is 4.06. The molecule has 0 saturated carbocycles. The zero-order valence-corrected chi connectivity index (χ0v) is 12.0. The largest absolute Gasteiger partial charge is 0.478 e. The van der Waals surface area contributed by atoms with Gasteiger partial charge in [-0.1, -0.05) is 0 Å². The number of ether oxygens (including phenoxy) is 1. The molecular weight excluding hydrogens is 320 g/mol. The predicted molar refractivity (Wildman–Crippen MR) is 71.4 cm³/mol. The Bertz CT molecular complexity index is 483. The van der Waals surface area contributed by atoms with Gasteiger partial charge in [-0.25, -0.2) is 4.79 Å². The minimum Gasteiger partial charge on any atom is -0.478 e. The fourth-order valence-electron chi connectivity index (χ4n) is 1.88. The van der Waals surface area contributed by atoms with Crippen LogP contribution in [-0.4, -0.2) is 33.7 Å². The van der Waals surface area contributed by atoms with E-state index >= 15 is 0 Å². The lowest BCUT2D eigenvalue weighted by Gasteiger charge is -2.21. The summed E-state index contributed by atoms with van der Waals surface area (Å²) in [5, 5.41) is 9.09. The van der Waals surface area contributed by atoms with Crippen molar-refractivity contribution >= 4 is 32.7 Å². The van der Waals surface area contributed by atoms with E-state index in [1.807, 2.05) is 0 Å². The van der Waals surface area contributed by atoms with Gasteiger partial charge in [-0.15, -0.1) is 0 Å². The van der Waals surface area contributed by atoms with Crippen molar-refractivity contribution in [2.75, 3.05) is 13.2 Å². The lowest BCUT2D eigenvalue weighted by Crippen LogP contribution is -2.25. The summed E-state index contributed by atoms with van der Waals surface area (Å²) in [5.41, 5.74) is 0.146. The maximum Gasteiger partial charge on any atom is 0.336 e. The van der Waals surface area contributed by atoms with Crippen LogP contribution in [0.1, 0.15) is 23.2 Å². The van der Waals surface area contributed by atoms with Crippen LogP contribution in [0.25, 0.3) is 0 Å². The van der Waals surface area contributed by atoms with Gasteiger partial charge in [0, 0.05) is 27.8 Å². The molecule has 0 aromatic heterocycles. The minimum atomic E-state index is -1.17. The summed E-state index contributed by atoms with van der Waals surface area (Å²) >= 11 is 3.18. The number of hydrogen-bond acceptors (Lipinski definition) is 3. The predicted octanol–water partition coefficient (Wildman–Crippen LogP) is 2.43. The van der Waals surface area contributed by atoms with Crippen LogP contribution in [0.2, 0.25) is 0 Å². The summed E-state index contributed by atoms with van der Waals surface area (Å²) in [7, 11) is -1.17. The van der Waals surface area contributed by atoms with Crippen molar-refractivity contribution in [2.45, 2.75) is 23.0 Å². The summed E-state index contributed by atoms with van der Waals surface area (Å²) in [6.45, 7) is 1.25. The molecule has 1 aliphatic rings. The third-order valence-corrected chi connectivity index (χ3v) is 5.36. The summed E-state index contributed by atoms with van der Waals surface area (Å²) in [6, 6.07) is 4.83. The molecule has 0 aliphatic carbocycles. The molecule has 1 saturated heterocycles. The molecule has 1 aromatic rings. The number of benzene rings is 1. The molecular formula is C12H13BrO4S. The molecule has 98 valence electrons. The number of rotatable bonds is 3. The highest BCUT2D eigenvalue weighted by molar-refractivity contribution is 9.10. The summed E-state index contributed by atoms with van der Waals surface area (Å²) in [6.07, 6.45) is 1.51. The molecule has 1 aromatic carbocycles. The van der Waals surface area contributed by atoms with Crippen LogP contribution < -0.4 is 0 Å². The fraction of sp³-hybridized carbons (Fsp3) is 0.417. The molecule has 1 fully saturated rings. The second kappa shape index (κ2) is 5.95. The van der Waals surface area contributed by atoms with Crippen molar-refractivity contribution in [1.29, 1.82) is 0 Å². The van der Waals surface area contributed by atoms with E-state index in [1.54, 1.807) is 12.1 Å². The van der Waals surface area contributed by atoms with Gasteiger partial charge in [0.15, 0.2) is 0 Å². The van der Waals surface area contributed by atoms with Crippen LogP contribution in [0.5, 0.6) is 0 Å². The van der Waals surface area contributed by atoms with Crippen molar-refractivity contribution in [3.63, 3.8) is 0 Å². The van der Waals surface area contributed by atoms with Crippen LogP contribution in [0, 0.1) is 0 Å². The van der Waals surface area contributed by atoms with Crippen LogP contribution in [0.4, 0.5) is 0 Å². The highest BCUT2D eigenvalue weighted by Crippen LogP contribution is 2.24. The molecule has 1 atom stereocenters. The molecule has 1 unspecified atom stereocenters. The van der Waals surface area contributed by atoms with Gasteiger partial charge in [0.1, 0.15) is 0 Å². The SMILES string of the molecule is O=C(O)c1cc(S(=O)C2CCOCC2)ccc1Br. The van der Waals surface area contributed by atoms with Gasteiger partial charge in [-0.3, -0.25) is 4.21 Å². The van der Waals surface area contributed by atoms with Crippen LogP contribution in [0.15, 0.2) is 27.6 Å². The van der Waals surface area contributed by atoms with Gasteiger partial charge in [-0.05, 0) is 47.0 Å². The Morgan fingerprint density at radius 2 is 2.06 bits per heavy atom. The number of halogens is 1. The van der Waals surface area contributed by atoms with Gasteiger partial charge >= 0.3 is 5.97 Å². The van der Waals surface area contributed by atoms with Crippen LogP contribution >= 0.6 is 15.9 Å². The van der Waals surface area contributed by atoms with E-state index in [9.17, 15) is 9.00 Å². The molecule has 0 amide bonds. The Hall–Kier alpha value is -0.720. The zero-order valence-electron chi connectivity index (χ0n) is 9.60. The molecule has 1 heterocycles. The van der Waals surface area contributed by atoms with E-state index in [-0.39, 0.29) is 10.8 Å². The summed E-state index contributed by atoms with van der Waals surface area (Å²) in [5.74, 6) is -1.02. The van der Waals surface area contributed by atoms with Crippen LogP contribution in [-0.2, 0) is 15.5 Å². The van der Waals surface area contributed by atoms with E-state index in [1.165, 1.54) is 6.07 Å². The molecule has 4 nitrogen and oxygen atoms in total. The molecule has 18 heavy (non-hydrogen) atoms. The van der Waals surface area contributed by atoms with Crippen molar-refractivity contribution in [3.05, 3.63) is 28.2 Å². The lowest BCUT2D eigenvalue weighted by atomic mass is 10.2. The number of carboxylic acids is 1. The molecule has 0 bridgehead atoms. The molecule has 0 spiro atoms. The standard InChI is InChI=1S/C12H13BrO4S/c13-11-2-1-9(7-10(11)12(14)15)18(16)8-3-5-17-6-4-8/h1-2,7-8H,3-6H2,(H,14,15). The maximum atomic E-state index is 12.3. The summed E-state index contributed by atoms with van der Waals surface area (Å²) in [4.78, 5) is 11.6. The van der Waals surface area contributed by atoms with E-state index < -0.39 is 16.8 Å². The normalized spacial score (nSPS) is 18.5. The first-order valence-electron chi connectivity index (χ1n) is 5.61. The molecule has 2 rings (SSSR count). The number of aromatic carboxylic acids is 1. The Kier molecular flexibility index (Phi) is 4.53. The minimum absolute atomic E-state index is 0.0570. The quantitative estimate of drug-likeness (QED) is 0.923. The van der Waals surface area contributed by atoms with E-state index in [0.29, 0.717) is 22.6 Å². The fourth-order valence-corrected chi connectivity index (χ4v) is 3.73. The Morgan fingerprint density at radius 3 is 2.67 bits per heavy atom. The number of carbonyl (C=O) groups is 1. The Morgan fingerprint density at radius 1 is 1.39 bits per heavy atom. The van der Waals surface area contributed by atoms with Gasteiger partial charge in [0.05, 0.1) is 16.4 Å². The summed E-state index contributed by atoms with van der Waals surface area (Å²) < 4.78 is 18.1. The average Bonchev–Trinajstić information content (AvgIpc) is 2.39. The monoisotopic (exact) mass is 332 g/mol. The number of hydrogen-bond donors (Lipinski definition) is 1. The van der Waals surface area contributed by atoms with Crippen molar-refractivity contribution < 1.29 is 18.8 Å². The highest BCUT2D eigenvalue weighted by Gasteiger charge is 2.22. The van der Waals surface area contributed by atoms with Crippen molar-refractivity contribution in [2.24, 2.45) is 0 Å². The number of carboxylic acid groups (broad SMARTS) is 1. The third-order valence-electron chi connectivity index (χ3n) is 2.87. The topological polar surface area (TPSA) is 63.6 Å². The smallest absolute Gasteiger partial charge is 0.336 e. The second-order valence-corrected chi connectivity index (χ2v) is 6.64. The van der Waals surface area contributed by atoms with E-state index in [0.717, 1.165) is 12.8 Å². The van der Waals surface area contributed by atoms with Gasteiger partial charge < -0.3 is 9.84 Å². The average molecular weight is 333 g/mol. The Balaban J connectivity index is 2.24. The van der Waals surface area contributed by atoms with Gasteiger partial charge in [0.25, 0.3) is 0 Å².